The highest BCUT2D eigenvalue weighted by Gasteiger charge is 1.89. The van der Waals surface area contributed by atoms with Crippen molar-refractivity contribution in [3.05, 3.63) is 24.3 Å². The molecule has 3 heteroatoms. The predicted molar refractivity (Wildman–Crippen MR) is 37.9 cm³/mol. The average molecular weight is 133 g/mol. The first kappa shape index (κ1) is 6.56. The summed E-state index contributed by atoms with van der Waals surface area (Å²) >= 11 is 0. The van der Waals surface area contributed by atoms with Crippen molar-refractivity contribution in [2.45, 2.75) is 0 Å². The molecule has 0 spiro atoms. The lowest BCUT2D eigenvalue weighted by molar-refractivity contribution is 0.897. The Balaban J connectivity index is 2.87. The van der Waals surface area contributed by atoms with Crippen LogP contribution in [0.1, 0.15) is 5.82 Å². The molecule has 0 radical (unpaired) electrons. The minimum absolute atomic E-state index is 0.793. The molecule has 0 unspecified atom stereocenters. The maximum absolute atomic E-state index is 8.18. The molecular formula is C7H7N3. The Hall–Kier alpha value is -1.56. The van der Waals surface area contributed by atoms with Gasteiger partial charge in [-0.25, -0.2) is 4.98 Å². The van der Waals surface area contributed by atoms with Crippen molar-refractivity contribution in [1.82, 2.24) is 9.55 Å². The molecule has 50 valence electrons. The molecule has 0 fully saturated rings. The van der Waals surface area contributed by atoms with Gasteiger partial charge in [-0.15, -0.1) is 0 Å². The van der Waals surface area contributed by atoms with Crippen molar-refractivity contribution in [1.29, 1.82) is 5.26 Å². The molecular weight excluding hydrogens is 126 g/mol. The van der Waals surface area contributed by atoms with Crippen LogP contribution in [-0.4, -0.2) is 9.55 Å². The summed E-state index contributed by atoms with van der Waals surface area (Å²) in [6.07, 6.45) is 6.59. The topological polar surface area (TPSA) is 41.6 Å². The fraction of sp³-hybridized carbons (Fsp3) is 0.143. The average Bonchev–Trinajstić information content (AvgIpc) is 2.31. The van der Waals surface area contributed by atoms with E-state index in [9.17, 15) is 0 Å². The molecule has 0 N–H and O–H groups in total. The number of nitrogens with zero attached hydrogens (tertiary/aromatic N) is 3. The van der Waals surface area contributed by atoms with Gasteiger partial charge in [0, 0.05) is 25.5 Å². The SMILES string of the molecule is Cn1ccnc1/C=C/C#N. The monoisotopic (exact) mass is 133 g/mol. The summed E-state index contributed by atoms with van der Waals surface area (Å²) in [7, 11) is 1.88. The molecule has 1 rings (SSSR count). The minimum Gasteiger partial charge on any atom is -0.335 e. The first-order valence-corrected chi connectivity index (χ1v) is 2.88. The van der Waals surface area contributed by atoms with Gasteiger partial charge >= 0.3 is 0 Å². The Morgan fingerprint density at radius 1 is 1.80 bits per heavy atom. The van der Waals surface area contributed by atoms with E-state index in [4.69, 9.17) is 5.26 Å². The van der Waals surface area contributed by atoms with Gasteiger partial charge in [-0.05, 0) is 6.08 Å². The number of nitriles is 1. The van der Waals surface area contributed by atoms with Gasteiger partial charge in [-0.3, -0.25) is 0 Å². The molecule has 1 aromatic rings. The third-order valence-electron chi connectivity index (χ3n) is 1.17. The zero-order valence-corrected chi connectivity index (χ0v) is 5.65. The zero-order valence-electron chi connectivity index (χ0n) is 5.65. The van der Waals surface area contributed by atoms with Crippen LogP contribution in [0.25, 0.3) is 6.08 Å². The quantitative estimate of drug-likeness (QED) is 0.535. The van der Waals surface area contributed by atoms with Gasteiger partial charge in [0.05, 0.1) is 6.07 Å². The van der Waals surface area contributed by atoms with Crippen LogP contribution in [0.5, 0.6) is 0 Å². The van der Waals surface area contributed by atoms with Gasteiger partial charge in [0.1, 0.15) is 5.82 Å². The minimum atomic E-state index is 0.793. The van der Waals surface area contributed by atoms with E-state index >= 15 is 0 Å². The number of allylic oxidation sites excluding steroid dienone is 1. The molecule has 0 aliphatic rings. The number of hydrogen-bond acceptors (Lipinski definition) is 2. The number of rotatable bonds is 1. The predicted octanol–water partition coefficient (Wildman–Crippen LogP) is 0.957. The molecule has 0 amide bonds. The number of aryl methyl sites for hydroxylation is 1. The van der Waals surface area contributed by atoms with Crippen LogP contribution in [0.2, 0.25) is 0 Å². The van der Waals surface area contributed by atoms with Crippen molar-refractivity contribution in [3.8, 4) is 6.07 Å². The Bertz CT molecular complexity index is 277. The van der Waals surface area contributed by atoms with E-state index in [0.29, 0.717) is 0 Å². The Kier molecular flexibility index (Phi) is 1.86. The highest BCUT2D eigenvalue weighted by Crippen LogP contribution is 1.95. The maximum atomic E-state index is 8.18. The summed E-state index contributed by atoms with van der Waals surface area (Å²) in [5.41, 5.74) is 0. The summed E-state index contributed by atoms with van der Waals surface area (Å²) in [6, 6.07) is 1.90. The second-order valence-corrected chi connectivity index (χ2v) is 1.86. The summed E-state index contributed by atoms with van der Waals surface area (Å²) in [5, 5.41) is 8.18. The largest absolute Gasteiger partial charge is 0.335 e. The standard InChI is InChI=1S/C7H7N3/c1-10-6-5-9-7(10)3-2-4-8/h2-3,5-6H,1H3/b3-2+. The lowest BCUT2D eigenvalue weighted by atomic mass is 10.5. The zero-order chi connectivity index (χ0) is 7.40. The molecule has 0 aromatic carbocycles. The summed E-state index contributed by atoms with van der Waals surface area (Å²) in [6.45, 7) is 0. The Morgan fingerprint density at radius 2 is 2.60 bits per heavy atom. The molecule has 0 aliphatic heterocycles. The first-order chi connectivity index (χ1) is 4.84. The Labute approximate surface area is 59.2 Å². The molecule has 1 heterocycles. The molecule has 3 nitrogen and oxygen atoms in total. The van der Waals surface area contributed by atoms with Crippen LogP contribution in [0, 0.1) is 11.3 Å². The van der Waals surface area contributed by atoms with Crippen LogP contribution < -0.4 is 0 Å². The van der Waals surface area contributed by atoms with Crippen molar-refractivity contribution in [3.63, 3.8) is 0 Å². The van der Waals surface area contributed by atoms with Gasteiger partial charge in [0.2, 0.25) is 0 Å². The van der Waals surface area contributed by atoms with Crippen LogP contribution in [0.15, 0.2) is 18.5 Å². The van der Waals surface area contributed by atoms with Crippen molar-refractivity contribution in [2.24, 2.45) is 7.05 Å². The molecule has 0 aliphatic carbocycles. The van der Waals surface area contributed by atoms with Crippen LogP contribution in [-0.2, 0) is 7.05 Å². The molecule has 10 heavy (non-hydrogen) atoms. The lowest BCUT2D eigenvalue weighted by Crippen LogP contribution is -1.88. The third kappa shape index (κ3) is 1.23. The lowest BCUT2D eigenvalue weighted by Gasteiger charge is -1.89. The third-order valence-corrected chi connectivity index (χ3v) is 1.17. The maximum Gasteiger partial charge on any atom is 0.133 e. The van der Waals surface area contributed by atoms with Gasteiger partial charge in [-0.1, -0.05) is 0 Å². The second kappa shape index (κ2) is 2.83. The van der Waals surface area contributed by atoms with E-state index in [2.05, 4.69) is 4.98 Å². The number of imidazole rings is 1. The van der Waals surface area contributed by atoms with Gasteiger partial charge in [-0.2, -0.15) is 5.26 Å². The van der Waals surface area contributed by atoms with E-state index in [1.54, 1.807) is 12.3 Å². The van der Waals surface area contributed by atoms with Crippen molar-refractivity contribution in [2.75, 3.05) is 0 Å². The highest BCUT2D eigenvalue weighted by molar-refractivity contribution is 5.43. The molecule has 1 aromatic heterocycles. The van der Waals surface area contributed by atoms with Crippen LogP contribution in [0.3, 0.4) is 0 Å². The summed E-state index contributed by atoms with van der Waals surface area (Å²) in [4.78, 5) is 3.98. The highest BCUT2D eigenvalue weighted by atomic mass is 15.0. The van der Waals surface area contributed by atoms with E-state index in [1.165, 1.54) is 6.08 Å². The summed E-state index contributed by atoms with van der Waals surface area (Å²) in [5.74, 6) is 0.793. The first-order valence-electron chi connectivity index (χ1n) is 2.88. The fourth-order valence-corrected chi connectivity index (χ4v) is 0.650. The van der Waals surface area contributed by atoms with E-state index in [1.807, 2.05) is 23.9 Å². The van der Waals surface area contributed by atoms with E-state index < -0.39 is 0 Å². The normalized spacial score (nSPS) is 10.0. The fourth-order valence-electron chi connectivity index (χ4n) is 0.650. The second-order valence-electron chi connectivity index (χ2n) is 1.86. The van der Waals surface area contributed by atoms with Crippen molar-refractivity contribution >= 4 is 6.08 Å². The Morgan fingerprint density at radius 3 is 3.10 bits per heavy atom. The van der Waals surface area contributed by atoms with E-state index in [-0.39, 0.29) is 0 Å². The van der Waals surface area contributed by atoms with Gasteiger partial charge in [0.25, 0.3) is 0 Å². The molecule has 0 bridgehead atoms. The van der Waals surface area contributed by atoms with Gasteiger partial charge in [0.15, 0.2) is 0 Å². The van der Waals surface area contributed by atoms with Gasteiger partial charge < -0.3 is 4.57 Å². The van der Waals surface area contributed by atoms with Crippen molar-refractivity contribution < 1.29 is 0 Å². The van der Waals surface area contributed by atoms with Crippen LogP contribution >= 0.6 is 0 Å². The molecule has 0 saturated heterocycles. The summed E-state index contributed by atoms with van der Waals surface area (Å²) < 4.78 is 1.84. The molecule has 0 saturated carbocycles. The molecule has 0 atom stereocenters. The number of aromatic nitrogens is 2. The smallest absolute Gasteiger partial charge is 0.133 e. The van der Waals surface area contributed by atoms with Crippen LogP contribution in [0.4, 0.5) is 0 Å². The number of hydrogen-bond donors (Lipinski definition) is 0. The van der Waals surface area contributed by atoms with E-state index in [0.717, 1.165) is 5.82 Å².